The van der Waals surface area contributed by atoms with Crippen LogP contribution in [0.15, 0.2) is 29.2 Å². The maximum Gasteiger partial charge on any atom is 0.305 e. The molecule has 1 saturated heterocycles. The lowest BCUT2D eigenvalue weighted by atomic mass is 10.1. The predicted molar refractivity (Wildman–Crippen MR) is 96.9 cm³/mol. The second-order valence-corrected chi connectivity index (χ2v) is 6.83. The molecule has 0 saturated carbocycles. The van der Waals surface area contributed by atoms with E-state index in [1.807, 2.05) is 37.3 Å². The van der Waals surface area contributed by atoms with Crippen LogP contribution in [0.2, 0.25) is 0 Å². The minimum atomic E-state index is -0.242. The zero-order valence-corrected chi connectivity index (χ0v) is 14.8. The Morgan fingerprint density at radius 1 is 1.35 bits per heavy atom. The number of rotatable bonds is 6. The van der Waals surface area contributed by atoms with Crippen molar-refractivity contribution in [3.8, 4) is 0 Å². The number of benzene rings is 1. The maximum atomic E-state index is 12.4. The van der Waals surface area contributed by atoms with E-state index < -0.39 is 0 Å². The number of thiocarbonyl (C=S) groups is 1. The molecule has 1 heterocycles. The van der Waals surface area contributed by atoms with E-state index in [2.05, 4.69) is 0 Å². The maximum absolute atomic E-state index is 12.4. The van der Waals surface area contributed by atoms with Crippen LogP contribution in [0.3, 0.4) is 0 Å². The highest BCUT2D eigenvalue weighted by Gasteiger charge is 2.31. The molecule has 23 heavy (non-hydrogen) atoms. The zero-order chi connectivity index (χ0) is 16.8. The van der Waals surface area contributed by atoms with E-state index in [1.54, 1.807) is 11.8 Å². The van der Waals surface area contributed by atoms with Crippen LogP contribution < -0.4 is 0 Å². The first-order valence-electron chi connectivity index (χ1n) is 7.49. The number of carbonyl (C=O) groups is 2. The first-order chi connectivity index (χ1) is 11.0. The lowest BCUT2D eigenvalue weighted by Crippen LogP contribution is -2.29. The Morgan fingerprint density at radius 3 is 2.70 bits per heavy atom. The van der Waals surface area contributed by atoms with Crippen LogP contribution in [0.1, 0.15) is 30.9 Å². The summed E-state index contributed by atoms with van der Waals surface area (Å²) in [4.78, 5) is 25.9. The van der Waals surface area contributed by atoms with Crippen molar-refractivity contribution in [3.05, 3.63) is 40.3 Å². The molecule has 0 spiro atoms. The van der Waals surface area contributed by atoms with Gasteiger partial charge >= 0.3 is 5.97 Å². The van der Waals surface area contributed by atoms with Gasteiger partial charge in [-0.1, -0.05) is 53.8 Å². The summed E-state index contributed by atoms with van der Waals surface area (Å²) < 4.78 is 5.42. The third-order valence-electron chi connectivity index (χ3n) is 3.32. The van der Waals surface area contributed by atoms with E-state index in [-0.39, 0.29) is 11.9 Å². The number of hydrogen-bond acceptors (Lipinski definition) is 5. The minimum Gasteiger partial charge on any atom is -0.466 e. The van der Waals surface area contributed by atoms with Gasteiger partial charge < -0.3 is 4.74 Å². The molecular weight excluding hydrogens is 330 g/mol. The van der Waals surface area contributed by atoms with Crippen molar-refractivity contribution in [1.82, 2.24) is 4.90 Å². The average molecular weight is 349 g/mol. The summed E-state index contributed by atoms with van der Waals surface area (Å²) >= 11 is 6.58. The summed E-state index contributed by atoms with van der Waals surface area (Å²) in [5, 5.41) is 0. The molecule has 0 aromatic heterocycles. The standard InChI is InChI=1S/C17H19NO3S2/c1-3-21-15(19)5-4-10-18-16(20)14(23-17(18)22)11-13-8-6-12(2)7-9-13/h6-9,11H,3-5,10H2,1-2H3. The van der Waals surface area contributed by atoms with Crippen molar-refractivity contribution in [2.75, 3.05) is 13.2 Å². The molecule has 1 amide bonds. The molecule has 0 atom stereocenters. The summed E-state index contributed by atoms with van der Waals surface area (Å²) in [5.41, 5.74) is 2.15. The smallest absolute Gasteiger partial charge is 0.305 e. The lowest BCUT2D eigenvalue weighted by Gasteiger charge is -2.13. The summed E-state index contributed by atoms with van der Waals surface area (Å²) in [6.07, 6.45) is 2.69. The van der Waals surface area contributed by atoms with Crippen LogP contribution in [0.5, 0.6) is 0 Å². The molecule has 1 aromatic rings. The second-order valence-electron chi connectivity index (χ2n) is 5.15. The van der Waals surface area contributed by atoms with Crippen molar-refractivity contribution < 1.29 is 14.3 Å². The van der Waals surface area contributed by atoms with Crippen LogP contribution in [0.25, 0.3) is 6.08 Å². The highest BCUT2D eigenvalue weighted by atomic mass is 32.2. The van der Waals surface area contributed by atoms with Gasteiger partial charge in [0.2, 0.25) is 0 Å². The number of hydrogen-bond donors (Lipinski definition) is 0. The van der Waals surface area contributed by atoms with Gasteiger partial charge in [0.05, 0.1) is 11.5 Å². The van der Waals surface area contributed by atoms with Gasteiger partial charge in [-0.05, 0) is 31.9 Å². The van der Waals surface area contributed by atoms with Gasteiger partial charge in [0.25, 0.3) is 5.91 Å². The number of nitrogens with zero attached hydrogens (tertiary/aromatic N) is 1. The molecule has 4 nitrogen and oxygen atoms in total. The van der Waals surface area contributed by atoms with Crippen LogP contribution in [0, 0.1) is 6.92 Å². The molecular formula is C17H19NO3S2. The zero-order valence-electron chi connectivity index (χ0n) is 13.2. The van der Waals surface area contributed by atoms with Crippen LogP contribution in [-0.4, -0.2) is 34.2 Å². The number of ether oxygens (including phenoxy) is 1. The molecule has 0 bridgehead atoms. The molecule has 6 heteroatoms. The first-order valence-corrected chi connectivity index (χ1v) is 8.71. The summed E-state index contributed by atoms with van der Waals surface area (Å²) in [5.74, 6) is -0.336. The van der Waals surface area contributed by atoms with E-state index >= 15 is 0 Å². The molecule has 0 aliphatic carbocycles. The monoisotopic (exact) mass is 349 g/mol. The fourth-order valence-electron chi connectivity index (χ4n) is 2.12. The number of amides is 1. The molecule has 1 aliphatic rings. The van der Waals surface area contributed by atoms with E-state index in [9.17, 15) is 9.59 Å². The molecule has 122 valence electrons. The van der Waals surface area contributed by atoms with Gasteiger partial charge in [0.1, 0.15) is 4.32 Å². The van der Waals surface area contributed by atoms with Crippen LogP contribution in [0.4, 0.5) is 0 Å². The Balaban J connectivity index is 1.96. The van der Waals surface area contributed by atoms with Crippen molar-refractivity contribution in [3.63, 3.8) is 0 Å². The molecule has 2 rings (SSSR count). The molecule has 0 radical (unpaired) electrons. The first kappa shape index (κ1) is 17.7. The van der Waals surface area contributed by atoms with Gasteiger partial charge in [0, 0.05) is 13.0 Å². The van der Waals surface area contributed by atoms with Gasteiger partial charge in [-0.2, -0.15) is 0 Å². The molecule has 0 unspecified atom stereocenters. The highest BCUT2D eigenvalue weighted by molar-refractivity contribution is 8.26. The van der Waals surface area contributed by atoms with Gasteiger partial charge in [-0.3, -0.25) is 14.5 Å². The van der Waals surface area contributed by atoms with Crippen molar-refractivity contribution in [2.45, 2.75) is 26.7 Å². The number of carbonyl (C=O) groups excluding carboxylic acids is 2. The Kier molecular flexibility index (Phi) is 6.36. The van der Waals surface area contributed by atoms with Crippen molar-refractivity contribution in [1.29, 1.82) is 0 Å². The Labute approximate surface area is 145 Å². The number of thioether (sulfide) groups is 1. The molecule has 0 N–H and O–H groups in total. The molecule has 1 fully saturated rings. The van der Waals surface area contributed by atoms with Crippen molar-refractivity contribution in [2.24, 2.45) is 0 Å². The van der Waals surface area contributed by atoms with E-state index in [1.165, 1.54) is 17.3 Å². The minimum absolute atomic E-state index is 0.0931. The van der Waals surface area contributed by atoms with Crippen LogP contribution >= 0.6 is 24.0 Å². The average Bonchev–Trinajstić information content (AvgIpc) is 2.77. The van der Waals surface area contributed by atoms with E-state index in [4.69, 9.17) is 17.0 Å². The Bertz CT molecular complexity index is 638. The van der Waals surface area contributed by atoms with Crippen LogP contribution in [-0.2, 0) is 14.3 Å². The van der Waals surface area contributed by atoms with E-state index in [0.29, 0.717) is 35.2 Å². The van der Waals surface area contributed by atoms with Gasteiger partial charge in [-0.25, -0.2) is 0 Å². The van der Waals surface area contributed by atoms with E-state index in [0.717, 1.165) is 5.56 Å². The summed E-state index contributed by atoms with van der Waals surface area (Å²) in [7, 11) is 0. The Morgan fingerprint density at radius 2 is 2.04 bits per heavy atom. The third-order valence-corrected chi connectivity index (χ3v) is 4.69. The largest absolute Gasteiger partial charge is 0.466 e. The topological polar surface area (TPSA) is 46.6 Å². The number of esters is 1. The summed E-state index contributed by atoms with van der Waals surface area (Å²) in [6.45, 7) is 4.61. The highest BCUT2D eigenvalue weighted by Crippen LogP contribution is 2.32. The molecule has 1 aliphatic heterocycles. The normalized spacial score (nSPS) is 16.3. The third kappa shape index (κ3) is 4.91. The SMILES string of the molecule is CCOC(=O)CCCN1C(=O)C(=Cc2ccc(C)cc2)SC1=S. The second kappa shape index (κ2) is 8.26. The van der Waals surface area contributed by atoms with Crippen molar-refractivity contribution >= 4 is 46.3 Å². The van der Waals surface area contributed by atoms with Gasteiger partial charge in [-0.15, -0.1) is 0 Å². The predicted octanol–water partition coefficient (Wildman–Crippen LogP) is 3.54. The quantitative estimate of drug-likeness (QED) is 0.447. The molecule has 1 aromatic carbocycles. The van der Waals surface area contributed by atoms with Gasteiger partial charge in [0.15, 0.2) is 0 Å². The Hall–Kier alpha value is -1.66. The fourth-order valence-corrected chi connectivity index (χ4v) is 3.43. The summed E-state index contributed by atoms with van der Waals surface area (Å²) in [6, 6.07) is 7.96. The number of aryl methyl sites for hydroxylation is 1. The lowest BCUT2D eigenvalue weighted by molar-refractivity contribution is -0.143. The fraction of sp³-hybridized carbons (Fsp3) is 0.353.